The van der Waals surface area contributed by atoms with Gasteiger partial charge in [-0.05, 0) is 48.9 Å². The van der Waals surface area contributed by atoms with Crippen LogP contribution in [0.3, 0.4) is 0 Å². The fourth-order valence-electron chi connectivity index (χ4n) is 3.35. The van der Waals surface area contributed by atoms with Crippen molar-refractivity contribution in [2.24, 2.45) is 0 Å². The largest absolute Gasteiger partial charge is 0.497 e. The summed E-state index contributed by atoms with van der Waals surface area (Å²) in [6.07, 6.45) is 1.67. The van der Waals surface area contributed by atoms with Crippen LogP contribution in [0.2, 0.25) is 0 Å². The molecule has 0 saturated carbocycles. The summed E-state index contributed by atoms with van der Waals surface area (Å²) >= 11 is 0. The Morgan fingerprint density at radius 3 is 2.43 bits per heavy atom. The van der Waals surface area contributed by atoms with Crippen LogP contribution in [0.1, 0.15) is 27.0 Å². The fourth-order valence-corrected chi connectivity index (χ4v) is 3.35. The molecule has 30 heavy (non-hydrogen) atoms. The number of ketones is 1. The summed E-state index contributed by atoms with van der Waals surface area (Å²) in [6, 6.07) is 18.9. The molecule has 5 heteroatoms. The van der Waals surface area contributed by atoms with Gasteiger partial charge in [0.25, 0.3) is 0 Å². The smallest absolute Gasteiger partial charge is 0.231 e. The number of Topliss-reactive ketones (excluding diaryl/α,β-unsaturated/α-hetero) is 1. The van der Waals surface area contributed by atoms with Crippen LogP contribution in [0, 0.1) is 6.92 Å². The third kappa shape index (κ3) is 3.74. The molecule has 4 rings (SSSR count). The second-order valence-corrected chi connectivity index (χ2v) is 6.89. The number of carbonyl (C=O) groups is 1. The predicted octanol–water partition coefficient (Wildman–Crippen LogP) is 5.21. The van der Waals surface area contributed by atoms with Gasteiger partial charge >= 0.3 is 0 Å². The van der Waals surface area contributed by atoms with Crippen molar-refractivity contribution >= 4 is 11.9 Å². The van der Waals surface area contributed by atoms with Gasteiger partial charge in [0.2, 0.25) is 5.78 Å². The van der Waals surface area contributed by atoms with E-state index in [0.29, 0.717) is 40.7 Å². The van der Waals surface area contributed by atoms with Gasteiger partial charge in [-0.15, -0.1) is 0 Å². The minimum absolute atomic E-state index is 0.174. The van der Waals surface area contributed by atoms with E-state index in [4.69, 9.17) is 18.9 Å². The number of methoxy groups -OCH3 is 2. The summed E-state index contributed by atoms with van der Waals surface area (Å²) in [6.45, 7) is 2.33. The molecule has 0 fully saturated rings. The van der Waals surface area contributed by atoms with E-state index in [-0.39, 0.29) is 11.5 Å². The molecule has 0 saturated heterocycles. The SMILES string of the molecule is COc1ccc(OC)c(/C=C2\Oc3c(ccc(OCc4ccccc4)c3C)C2=O)c1. The molecule has 5 nitrogen and oxygen atoms in total. The van der Waals surface area contributed by atoms with Gasteiger partial charge in [-0.25, -0.2) is 0 Å². The van der Waals surface area contributed by atoms with E-state index >= 15 is 0 Å². The lowest BCUT2D eigenvalue weighted by molar-refractivity contribution is 0.101. The van der Waals surface area contributed by atoms with Crippen molar-refractivity contribution < 1.29 is 23.7 Å². The minimum Gasteiger partial charge on any atom is -0.497 e. The first-order valence-electron chi connectivity index (χ1n) is 9.57. The normalized spacial score (nSPS) is 13.7. The molecule has 0 unspecified atom stereocenters. The van der Waals surface area contributed by atoms with Gasteiger partial charge in [0.15, 0.2) is 5.76 Å². The monoisotopic (exact) mass is 402 g/mol. The summed E-state index contributed by atoms with van der Waals surface area (Å²) in [5.41, 5.74) is 3.08. The molecule has 0 aliphatic carbocycles. The quantitative estimate of drug-likeness (QED) is 0.530. The maximum absolute atomic E-state index is 12.9. The third-order valence-electron chi connectivity index (χ3n) is 5.00. The van der Waals surface area contributed by atoms with Gasteiger partial charge in [-0.3, -0.25) is 4.79 Å². The molecule has 3 aromatic carbocycles. The Labute approximate surface area is 175 Å². The van der Waals surface area contributed by atoms with Crippen LogP contribution in [-0.4, -0.2) is 20.0 Å². The lowest BCUT2D eigenvalue weighted by Gasteiger charge is -2.11. The van der Waals surface area contributed by atoms with Gasteiger partial charge in [-0.2, -0.15) is 0 Å². The van der Waals surface area contributed by atoms with Gasteiger partial charge < -0.3 is 18.9 Å². The molecule has 152 valence electrons. The van der Waals surface area contributed by atoms with E-state index in [1.807, 2.05) is 43.3 Å². The van der Waals surface area contributed by atoms with E-state index < -0.39 is 0 Å². The van der Waals surface area contributed by atoms with Gasteiger partial charge in [0.1, 0.15) is 29.6 Å². The molecule has 0 spiro atoms. The van der Waals surface area contributed by atoms with Crippen molar-refractivity contribution in [1.29, 1.82) is 0 Å². The zero-order chi connectivity index (χ0) is 21.1. The molecule has 1 aliphatic rings. The van der Waals surface area contributed by atoms with E-state index in [0.717, 1.165) is 11.1 Å². The van der Waals surface area contributed by atoms with Crippen molar-refractivity contribution in [2.45, 2.75) is 13.5 Å². The highest BCUT2D eigenvalue weighted by Crippen LogP contribution is 2.40. The second kappa shape index (κ2) is 8.33. The van der Waals surface area contributed by atoms with Crippen molar-refractivity contribution in [2.75, 3.05) is 14.2 Å². The van der Waals surface area contributed by atoms with Crippen LogP contribution in [0.25, 0.3) is 6.08 Å². The number of ether oxygens (including phenoxy) is 4. The first-order chi connectivity index (χ1) is 14.6. The zero-order valence-electron chi connectivity index (χ0n) is 17.1. The molecule has 1 aliphatic heterocycles. The van der Waals surface area contributed by atoms with Crippen molar-refractivity contribution in [3.63, 3.8) is 0 Å². The van der Waals surface area contributed by atoms with Crippen molar-refractivity contribution in [3.05, 3.63) is 88.7 Å². The minimum atomic E-state index is -0.174. The van der Waals surface area contributed by atoms with Crippen LogP contribution < -0.4 is 18.9 Å². The molecule has 0 radical (unpaired) electrons. The first kappa shape index (κ1) is 19.6. The van der Waals surface area contributed by atoms with Gasteiger partial charge in [-0.1, -0.05) is 30.3 Å². The maximum atomic E-state index is 12.9. The van der Waals surface area contributed by atoms with Crippen LogP contribution in [0.4, 0.5) is 0 Å². The average Bonchev–Trinajstić information content (AvgIpc) is 3.10. The highest BCUT2D eigenvalue weighted by atomic mass is 16.5. The molecule has 0 amide bonds. The first-order valence-corrected chi connectivity index (χ1v) is 9.57. The summed E-state index contributed by atoms with van der Waals surface area (Å²) < 4.78 is 22.6. The Kier molecular flexibility index (Phi) is 5.44. The number of benzene rings is 3. The summed E-state index contributed by atoms with van der Waals surface area (Å²) in [5.74, 6) is 2.56. The Morgan fingerprint density at radius 2 is 1.70 bits per heavy atom. The molecular weight excluding hydrogens is 380 g/mol. The Hall–Kier alpha value is -3.73. The topological polar surface area (TPSA) is 54.0 Å². The predicted molar refractivity (Wildman–Crippen MR) is 114 cm³/mol. The number of fused-ring (bicyclic) bond motifs is 1. The van der Waals surface area contributed by atoms with Crippen LogP contribution in [-0.2, 0) is 6.61 Å². The molecule has 0 N–H and O–H groups in total. The molecule has 0 atom stereocenters. The Morgan fingerprint density at radius 1 is 0.933 bits per heavy atom. The number of hydrogen-bond donors (Lipinski definition) is 0. The highest BCUT2D eigenvalue weighted by molar-refractivity contribution is 6.15. The van der Waals surface area contributed by atoms with E-state index in [9.17, 15) is 4.79 Å². The summed E-state index contributed by atoms with van der Waals surface area (Å²) in [5, 5.41) is 0. The van der Waals surface area contributed by atoms with Crippen molar-refractivity contribution in [1.82, 2.24) is 0 Å². The molecular formula is C25H22O5. The zero-order valence-corrected chi connectivity index (χ0v) is 17.1. The van der Waals surface area contributed by atoms with Crippen LogP contribution in [0.15, 0.2) is 66.4 Å². The number of allylic oxidation sites excluding steroid dienone is 1. The second-order valence-electron chi connectivity index (χ2n) is 6.89. The number of hydrogen-bond acceptors (Lipinski definition) is 5. The third-order valence-corrected chi connectivity index (χ3v) is 5.00. The number of carbonyl (C=O) groups excluding carboxylic acids is 1. The van der Waals surface area contributed by atoms with E-state index in [2.05, 4.69) is 0 Å². The van der Waals surface area contributed by atoms with Gasteiger partial charge in [0.05, 0.1) is 19.8 Å². The highest BCUT2D eigenvalue weighted by Gasteiger charge is 2.30. The standard InChI is InChI=1S/C25H22O5/c1-16-21(29-15-17-7-5-4-6-8-17)12-10-20-24(26)23(30-25(16)20)14-18-13-19(27-2)9-11-22(18)28-3/h4-14H,15H2,1-3H3/b23-14-. The van der Waals surface area contributed by atoms with Gasteiger partial charge in [0, 0.05) is 11.1 Å². The van der Waals surface area contributed by atoms with Crippen LogP contribution >= 0.6 is 0 Å². The fraction of sp³-hybridized carbons (Fsp3) is 0.160. The summed E-state index contributed by atoms with van der Waals surface area (Å²) in [7, 11) is 3.17. The lowest BCUT2D eigenvalue weighted by Crippen LogP contribution is -1.99. The van der Waals surface area contributed by atoms with Crippen LogP contribution in [0.5, 0.6) is 23.0 Å². The van der Waals surface area contributed by atoms with Crippen molar-refractivity contribution in [3.8, 4) is 23.0 Å². The molecule has 0 aromatic heterocycles. The maximum Gasteiger partial charge on any atom is 0.231 e. The van der Waals surface area contributed by atoms with E-state index in [1.165, 1.54) is 0 Å². The molecule has 1 heterocycles. The lowest BCUT2D eigenvalue weighted by atomic mass is 10.1. The number of rotatable bonds is 6. The Balaban J connectivity index is 1.61. The average molecular weight is 402 g/mol. The molecule has 3 aromatic rings. The summed E-state index contributed by atoms with van der Waals surface area (Å²) in [4.78, 5) is 12.9. The Bertz CT molecular complexity index is 1120. The molecule has 0 bridgehead atoms. The van der Waals surface area contributed by atoms with E-state index in [1.54, 1.807) is 44.6 Å².